The Kier molecular flexibility index (Phi) is 15.8. The SMILES string of the molecule is CC(C)(C)[Si](C)(C)OCc1ccc(O[C@@H]2O[C@H](C(=O)OCc3ccccc3)[C@@H](O[Si](C)(C)C(C)(C)C)[C@H](O[Si](C)(C)C(C)(C)C)[C@H]2O[Si](C)(C)C(C)(C)C)c([N+](=O)[O-])c1. The number of carbonyl (C=O) groups excluding carboxylic acids is 1. The molecule has 2 aromatic carbocycles. The molecule has 1 aliphatic heterocycles. The Morgan fingerprint density at radius 1 is 0.627 bits per heavy atom. The molecule has 3 rings (SSSR count). The maximum Gasteiger partial charge on any atom is 0.338 e. The van der Waals surface area contributed by atoms with Gasteiger partial charge in [-0.1, -0.05) is 119 Å². The summed E-state index contributed by atoms with van der Waals surface area (Å²) in [6.45, 7) is 43.2. The first kappa shape index (κ1) is 51.1. The smallest absolute Gasteiger partial charge is 0.338 e. The number of rotatable bonds is 15. The van der Waals surface area contributed by atoms with Crippen LogP contribution in [0.3, 0.4) is 0 Å². The number of nitro groups is 1. The van der Waals surface area contributed by atoms with Crippen LogP contribution in [0.15, 0.2) is 48.5 Å². The molecular weight excluding hydrogens is 815 g/mol. The van der Waals surface area contributed by atoms with E-state index in [1.54, 1.807) is 12.1 Å². The van der Waals surface area contributed by atoms with Crippen LogP contribution >= 0.6 is 0 Å². The lowest BCUT2D eigenvalue weighted by atomic mass is 9.99. The number of esters is 1. The van der Waals surface area contributed by atoms with E-state index in [0.29, 0.717) is 5.56 Å². The van der Waals surface area contributed by atoms with E-state index in [2.05, 4.69) is 135 Å². The molecule has 5 atom stereocenters. The van der Waals surface area contributed by atoms with Crippen LogP contribution in [0, 0.1) is 10.1 Å². The monoisotopic (exact) mass is 891 g/mol. The van der Waals surface area contributed by atoms with Gasteiger partial charge in [0.25, 0.3) is 0 Å². The van der Waals surface area contributed by atoms with Crippen LogP contribution in [0.1, 0.15) is 94.2 Å². The summed E-state index contributed by atoms with van der Waals surface area (Å²) in [7, 11) is -10.1. The van der Waals surface area contributed by atoms with E-state index in [0.717, 1.165) is 5.56 Å². The third-order valence-corrected chi connectivity index (χ3v) is 31.4. The van der Waals surface area contributed by atoms with Crippen LogP contribution in [0.5, 0.6) is 5.75 Å². The lowest BCUT2D eigenvalue weighted by Gasteiger charge is -2.53. The van der Waals surface area contributed by atoms with Crippen LogP contribution < -0.4 is 4.74 Å². The first-order valence-corrected chi connectivity index (χ1v) is 32.6. The van der Waals surface area contributed by atoms with Crippen molar-refractivity contribution in [3.05, 3.63) is 69.8 Å². The molecule has 11 nitrogen and oxygen atoms in total. The summed E-state index contributed by atoms with van der Waals surface area (Å²) in [5.41, 5.74) is 1.21. The molecule has 1 aliphatic rings. The number of carbonyl (C=O) groups is 1. The van der Waals surface area contributed by atoms with Gasteiger partial charge in [0.2, 0.25) is 6.29 Å². The third kappa shape index (κ3) is 12.7. The van der Waals surface area contributed by atoms with E-state index < -0.39 is 74.9 Å². The highest BCUT2D eigenvalue weighted by Gasteiger charge is 2.59. The first-order chi connectivity index (χ1) is 26.5. The van der Waals surface area contributed by atoms with Crippen molar-refractivity contribution in [3.63, 3.8) is 0 Å². The molecule has 59 heavy (non-hydrogen) atoms. The summed E-state index contributed by atoms with van der Waals surface area (Å²) in [6, 6.07) is 14.3. The minimum absolute atomic E-state index is 0.0133. The number of benzene rings is 2. The van der Waals surface area contributed by atoms with Gasteiger partial charge in [0.1, 0.15) is 24.9 Å². The fourth-order valence-corrected chi connectivity index (χ4v) is 10.2. The Morgan fingerprint density at radius 2 is 1.08 bits per heavy atom. The molecule has 1 saturated heterocycles. The Bertz CT molecular complexity index is 1740. The van der Waals surface area contributed by atoms with Gasteiger partial charge in [0.15, 0.2) is 45.1 Å². The van der Waals surface area contributed by atoms with Crippen LogP contribution in [0.2, 0.25) is 72.5 Å². The van der Waals surface area contributed by atoms with E-state index >= 15 is 0 Å². The highest BCUT2D eigenvalue weighted by atomic mass is 28.4. The van der Waals surface area contributed by atoms with Gasteiger partial charge in [0.05, 0.1) is 11.5 Å². The zero-order chi connectivity index (χ0) is 45.4. The standard InChI is InChI=1S/C44H77NO10Si4/c1-41(2,3)56(13,14)50-30-32-26-27-34(33(28-32)45(47)48)51-40-38(55-59(19,20)44(10,11)12)36(54-58(17,18)43(7,8)9)35(53-57(15,16)42(4,5)6)37(52-40)39(46)49-29-31-24-22-21-23-25-31/h21-28,35-38,40H,29-30H2,1-20H3/t35-,36-,37-,38+,40+/m0/s1. The molecule has 0 N–H and O–H groups in total. The largest absolute Gasteiger partial charge is 0.459 e. The molecule has 1 fully saturated rings. The van der Waals surface area contributed by atoms with E-state index in [-0.39, 0.29) is 44.8 Å². The van der Waals surface area contributed by atoms with E-state index in [1.165, 1.54) is 6.07 Å². The minimum atomic E-state index is -2.67. The van der Waals surface area contributed by atoms with Gasteiger partial charge in [-0.15, -0.1) is 0 Å². The second-order valence-corrected chi connectivity index (χ2v) is 41.4. The number of ether oxygens (including phenoxy) is 3. The van der Waals surface area contributed by atoms with Crippen molar-refractivity contribution in [2.75, 3.05) is 0 Å². The van der Waals surface area contributed by atoms with Crippen molar-refractivity contribution in [1.29, 1.82) is 0 Å². The Labute approximate surface area is 360 Å². The number of hydrogen-bond donors (Lipinski definition) is 0. The average Bonchev–Trinajstić information content (AvgIpc) is 3.07. The van der Waals surface area contributed by atoms with Gasteiger partial charge in [-0.05, 0) is 89.7 Å². The summed E-state index contributed by atoms with van der Waals surface area (Å²) in [5, 5.41) is 12.0. The van der Waals surface area contributed by atoms with Gasteiger partial charge < -0.3 is 31.9 Å². The molecular formula is C44H77NO10Si4. The van der Waals surface area contributed by atoms with E-state index in [9.17, 15) is 14.9 Å². The zero-order valence-corrected chi connectivity index (χ0v) is 43.9. The molecule has 0 amide bonds. The molecule has 0 bridgehead atoms. The second kappa shape index (κ2) is 18.2. The van der Waals surface area contributed by atoms with Crippen LogP contribution in [0.25, 0.3) is 0 Å². The molecule has 2 aromatic rings. The quantitative estimate of drug-likeness (QED) is 0.0738. The molecule has 334 valence electrons. The van der Waals surface area contributed by atoms with Crippen molar-refractivity contribution < 1.29 is 41.6 Å². The van der Waals surface area contributed by atoms with Gasteiger partial charge in [-0.2, -0.15) is 0 Å². The van der Waals surface area contributed by atoms with Crippen molar-refractivity contribution in [2.45, 2.75) is 200 Å². The molecule has 0 aromatic heterocycles. The normalized spacial score (nSPS) is 21.6. The number of nitro benzene ring substituents is 1. The fraction of sp³-hybridized carbons (Fsp3) is 0.705. The minimum Gasteiger partial charge on any atom is -0.459 e. The second-order valence-electron chi connectivity index (χ2n) is 22.3. The number of nitrogens with zero attached hydrogens (tertiary/aromatic N) is 1. The highest BCUT2D eigenvalue weighted by molar-refractivity contribution is 6.75. The van der Waals surface area contributed by atoms with E-state index in [4.69, 9.17) is 31.9 Å². The van der Waals surface area contributed by atoms with Crippen molar-refractivity contribution in [2.24, 2.45) is 0 Å². The molecule has 0 radical (unpaired) electrons. The summed E-state index contributed by atoms with van der Waals surface area (Å²) in [4.78, 5) is 26.9. The Hall–Kier alpha value is -2.22. The fourth-order valence-electron chi connectivity index (χ4n) is 5.35. The van der Waals surface area contributed by atoms with Crippen molar-refractivity contribution >= 4 is 44.9 Å². The van der Waals surface area contributed by atoms with Gasteiger partial charge >= 0.3 is 11.7 Å². The Balaban J connectivity index is 2.30. The van der Waals surface area contributed by atoms with Gasteiger partial charge in [-0.3, -0.25) is 10.1 Å². The summed E-state index contributed by atoms with van der Waals surface area (Å²) in [5.74, 6) is -0.667. The third-order valence-electron chi connectivity index (χ3n) is 13.5. The van der Waals surface area contributed by atoms with Crippen LogP contribution in [-0.2, 0) is 45.2 Å². The predicted molar refractivity (Wildman–Crippen MR) is 247 cm³/mol. The maximum atomic E-state index is 14.6. The summed E-state index contributed by atoms with van der Waals surface area (Å²) < 4.78 is 47.9. The number of hydrogen-bond acceptors (Lipinski definition) is 10. The highest BCUT2D eigenvalue weighted by Crippen LogP contribution is 2.47. The summed E-state index contributed by atoms with van der Waals surface area (Å²) in [6.07, 6.45) is -5.40. The Morgan fingerprint density at radius 3 is 1.54 bits per heavy atom. The van der Waals surface area contributed by atoms with Crippen LogP contribution in [-0.4, -0.2) is 74.9 Å². The molecule has 0 saturated carbocycles. The van der Waals surface area contributed by atoms with Gasteiger partial charge in [0, 0.05) is 6.07 Å². The molecule has 1 heterocycles. The van der Waals surface area contributed by atoms with Crippen LogP contribution in [0.4, 0.5) is 5.69 Å². The summed E-state index contributed by atoms with van der Waals surface area (Å²) >= 11 is 0. The predicted octanol–water partition coefficient (Wildman–Crippen LogP) is 12.1. The topological polar surface area (TPSA) is 125 Å². The van der Waals surface area contributed by atoms with Crippen molar-refractivity contribution in [3.8, 4) is 5.75 Å². The average molecular weight is 892 g/mol. The molecule has 0 unspecified atom stereocenters. The molecule has 15 heteroatoms. The first-order valence-electron chi connectivity index (χ1n) is 21.0. The van der Waals surface area contributed by atoms with Gasteiger partial charge in [-0.25, -0.2) is 4.79 Å². The maximum absolute atomic E-state index is 14.6. The lowest BCUT2D eigenvalue weighted by molar-refractivity contribution is -0.387. The molecule has 0 spiro atoms. The van der Waals surface area contributed by atoms with Crippen molar-refractivity contribution in [1.82, 2.24) is 0 Å². The molecule has 0 aliphatic carbocycles. The van der Waals surface area contributed by atoms with E-state index in [1.807, 2.05) is 30.3 Å². The zero-order valence-electron chi connectivity index (χ0n) is 39.9. The lowest BCUT2D eigenvalue weighted by Crippen LogP contribution is -2.69.